The molecule has 1 aromatic carbocycles. The molecule has 2 N–H and O–H groups in total. The van der Waals surface area contributed by atoms with E-state index < -0.39 is 5.97 Å². The summed E-state index contributed by atoms with van der Waals surface area (Å²) in [6.07, 6.45) is 8.86. The molecule has 0 saturated heterocycles. The molecule has 1 aromatic rings. The highest BCUT2D eigenvalue weighted by molar-refractivity contribution is 5.67. The summed E-state index contributed by atoms with van der Waals surface area (Å²) in [7, 11) is 3.96. The Morgan fingerprint density at radius 1 is 1.04 bits per heavy atom. The van der Waals surface area contributed by atoms with Crippen LogP contribution in [0.4, 0.5) is 0 Å². The topological polar surface area (TPSA) is 52.6 Å². The molecule has 4 heteroatoms. The van der Waals surface area contributed by atoms with Crippen molar-refractivity contribution in [1.29, 1.82) is 0 Å². The smallest absolute Gasteiger partial charge is 0.304 e. The number of hydrogen-bond donors (Lipinski definition) is 2. The Bertz CT molecular complexity index is 435. The minimum Gasteiger partial charge on any atom is -0.481 e. The lowest BCUT2D eigenvalue weighted by Crippen LogP contribution is -2.40. The molecule has 136 valence electrons. The monoisotopic (exact) mass is 334 g/mol. The summed E-state index contributed by atoms with van der Waals surface area (Å²) < 4.78 is 0. The Hall–Kier alpha value is -1.39. The Morgan fingerprint density at radius 3 is 2.29 bits per heavy atom. The molecule has 0 aliphatic heterocycles. The van der Waals surface area contributed by atoms with E-state index in [0.717, 1.165) is 19.5 Å². The van der Waals surface area contributed by atoms with Gasteiger partial charge in [0.15, 0.2) is 0 Å². The van der Waals surface area contributed by atoms with Gasteiger partial charge in [-0.05, 0) is 45.5 Å². The lowest BCUT2D eigenvalue weighted by Gasteiger charge is -2.20. The average molecular weight is 335 g/mol. The molecule has 0 aromatic heterocycles. The number of carboxylic acids is 1. The molecule has 0 bridgehead atoms. The molecule has 0 heterocycles. The minimum absolute atomic E-state index is 0.0448. The fourth-order valence-corrected chi connectivity index (χ4v) is 2.96. The first-order valence-electron chi connectivity index (χ1n) is 9.21. The van der Waals surface area contributed by atoms with E-state index in [2.05, 4.69) is 35.6 Å². The van der Waals surface area contributed by atoms with Crippen molar-refractivity contribution in [2.75, 3.05) is 27.2 Å². The molecule has 0 amide bonds. The van der Waals surface area contributed by atoms with E-state index in [1.807, 2.05) is 19.0 Å². The first-order valence-corrected chi connectivity index (χ1v) is 9.21. The second-order valence-corrected chi connectivity index (χ2v) is 6.87. The molecule has 1 atom stereocenters. The van der Waals surface area contributed by atoms with Crippen molar-refractivity contribution in [3.8, 4) is 0 Å². The zero-order valence-electron chi connectivity index (χ0n) is 15.3. The average Bonchev–Trinajstić information content (AvgIpc) is 2.53. The summed E-state index contributed by atoms with van der Waals surface area (Å²) in [6.45, 7) is 1.68. The zero-order chi connectivity index (χ0) is 17.6. The molecule has 0 aliphatic carbocycles. The summed E-state index contributed by atoms with van der Waals surface area (Å²) in [6, 6.07) is 10.7. The van der Waals surface area contributed by atoms with Crippen LogP contribution >= 0.6 is 0 Å². The predicted octanol–water partition coefficient (Wildman–Crippen LogP) is 3.56. The second-order valence-electron chi connectivity index (χ2n) is 6.87. The first kappa shape index (κ1) is 20.7. The number of likely N-dealkylation sites (N-methyl/N-ethyl adjacent to an activating group) is 1. The molecular weight excluding hydrogens is 300 g/mol. The lowest BCUT2D eigenvalue weighted by atomic mass is 10.0. The summed E-state index contributed by atoms with van der Waals surface area (Å²) in [5, 5.41) is 12.3. The van der Waals surface area contributed by atoms with Gasteiger partial charge in [-0.15, -0.1) is 0 Å². The molecular formula is C20H34N2O2. The van der Waals surface area contributed by atoms with Crippen LogP contribution in [0.3, 0.4) is 0 Å². The molecule has 0 aliphatic rings. The van der Waals surface area contributed by atoms with Gasteiger partial charge in [-0.2, -0.15) is 0 Å². The van der Waals surface area contributed by atoms with Crippen LogP contribution in [-0.4, -0.2) is 49.2 Å². The normalized spacial score (nSPS) is 12.5. The highest BCUT2D eigenvalue weighted by atomic mass is 16.4. The first-order chi connectivity index (χ1) is 11.6. The van der Waals surface area contributed by atoms with Gasteiger partial charge >= 0.3 is 5.97 Å². The van der Waals surface area contributed by atoms with Gasteiger partial charge in [0.2, 0.25) is 0 Å². The number of benzene rings is 1. The van der Waals surface area contributed by atoms with Crippen LogP contribution in [0.2, 0.25) is 0 Å². The lowest BCUT2D eigenvalue weighted by molar-refractivity contribution is -0.137. The van der Waals surface area contributed by atoms with Gasteiger partial charge in [-0.25, -0.2) is 0 Å². The Kier molecular flexibility index (Phi) is 11.2. The number of nitrogens with zero attached hydrogens (tertiary/aromatic N) is 1. The molecule has 0 unspecified atom stereocenters. The molecule has 1 rings (SSSR count). The Morgan fingerprint density at radius 2 is 1.67 bits per heavy atom. The number of rotatable bonds is 14. The zero-order valence-corrected chi connectivity index (χ0v) is 15.3. The van der Waals surface area contributed by atoms with Crippen LogP contribution in [-0.2, 0) is 11.2 Å². The number of carbonyl (C=O) groups is 1. The molecule has 0 spiro atoms. The number of carboxylic acid groups (broad SMARTS) is 1. The highest BCUT2D eigenvalue weighted by Crippen LogP contribution is 2.09. The summed E-state index contributed by atoms with van der Waals surface area (Å²) in [5.74, 6) is -0.729. The third-order valence-corrected chi connectivity index (χ3v) is 4.17. The van der Waals surface area contributed by atoms with Gasteiger partial charge in [-0.3, -0.25) is 4.79 Å². The summed E-state index contributed by atoms with van der Waals surface area (Å²) in [4.78, 5) is 12.9. The molecule has 0 saturated carbocycles. The standard InChI is InChI=1S/C20H34N2O2/c1-22(2)17-19(16-20(23)24)21-15-11-6-4-3-5-8-12-18-13-9-7-10-14-18/h7,9-10,13-14,19,21H,3-6,8,11-12,15-17H2,1-2H3,(H,23,24)/t19-/m1/s1. The van der Waals surface area contributed by atoms with Crippen LogP contribution in [0.1, 0.15) is 50.5 Å². The van der Waals surface area contributed by atoms with Gasteiger partial charge in [0.25, 0.3) is 0 Å². The second kappa shape index (κ2) is 13.0. The van der Waals surface area contributed by atoms with E-state index >= 15 is 0 Å². The van der Waals surface area contributed by atoms with Crippen molar-refractivity contribution in [3.63, 3.8) is 0 Å². The molecule has 0 fully saturated rings. The van der Waals surface area contributed by atoms with Crippen LogP contribution in [0, 0.1) is 0 Å². The maximum Gasteiger partial charge on any atom is 0.304 e. The Balaban J connectivity index is 1.97. The third-order valence-electron chi connectivity index (χ3n) is 4.17. The summed E-state index contributed by atoms with van der Waals surface area (Å²) >= 11 is 0. The van der Waals surface area contributed by atoms with Crippen molar-refractivity contribution >= 4 is 5.97 Å². The van der Waals surface area contributed by atoms with Crippen molar-refractivity contribution in [1.82, 2.24) is 10.2 Å². The quantitative estimate of drug-likeness (QED) is 0.511. The van der Waals surface area contributed by atoms with E-state index in [-0.39, 0.29) is 12.5 Å². The van der Waals surface area contributed by atoms with Crippen molar-refractivity contribution in [2.45, 2.75) is 57.4 Å². The number of hydrogen-bond acceptors (Lipinski definition) is 3. The van der Waals surface area contributed by atoms with Crippen LogP contribution in [0.25, 0.3) is 0 Å². The number of aliphatic carboxylic acids is 1. The predicted molar refractivity (Wildman–Crippen MR) is 100 cm³/mol. The number of aryl methyl sites for hydroxylation is 1. The van der Waals surface area contributed by atoms with Gasteiger partial charge in [0, 0.05) is 12.6 Å². The maximum atomic E-state index is 10.9. The summed E-state index contributed by atoms with van der Waals surface area (Å²) in [5.41, 5.74) is 1.44. The van der Waals surface area contributed by atoms with E-state index in [9.17, 15) is 4.79 Å². The largest absolute Gasteiger partial charge is 0.481 e. The molecule has 4 nitrogen and oxygen atoms in total. The molecule has 24 heavy (non-hydrogen) atoms. The van der Waals surface area contributed by atoms with E-state index in [0.29, 0.717) is 0 Å². The van der Waals surface area contributed by atoms with Gasteiger partial charge < -0.3 is 15.3 Å². The maximum absolute atomic E-state index is 10.9. The van der Waals surface area contributed by atoms with E-state index in [4.69, 9.17) is 5.11 Å². The van der Waals surface area contributed by atoms with Crippen LogP contribution in [0.5, 0.6) is 0 Å². The fraction of sp³-hybridized carbons (Fsp3) is 0.650. The minimum atomic E-state index is -0.729. The SMILES string of the molecule is CN(C)C[C@@H](CC(=O)O)NCCCCCCCCc1ccccc1. The van der Waals surface area contributed by atoms with Crippen molar-refractivity contribution < 1.29 is 9.90 Å². The van der Waals surface area contributed by atoms with E-state index in [1.54, 1.807) is 0 Å². The van der Waals surface area contributed by atoms with Crippen LogP contribution < -0.4 is 5.32 Å². The fourth-order valence-electron chi connectivity index (χ4n) is 2.96. The van der Waals surface area contributed by atoms with Gasteiger partial charge in [-0.1, -0.05) is 56.0 Å². The van der Waals surface area contributed by atoms with Gasteiger partial charge in [0.05, 0.1) is 6.42 Å². The van der Waals surface area contributed by atoms with E-state index in [1.165, 1.54) is 44.1 Å². The third kappa shape index (κ3) is 11.2. The highest BCUT2D eigenvalue weighted by Gasteiger charge is 2.12. The number of unbranched alkanes of at least 4 members (excludes halogenated alkanes) is 5. The van der Waals surface area contributed by atoms with Gasteiger partial charge in [0.1, 0.15) is 0 Å². The van der Waals surface area contributed by atoms with Crippen LogP contribution in [0.15, 0.2) is 30.3 Å². The van der Waals surface area contributed by atoms with Crippen molar-refractivity contribution in [3.05, 3.63) is 35.9 Å². The van der Waals surface area contributed by atoms with Crippen molar-refractivity contribution in [2.24, 2.45) is 0 Å². The number of nitrogens with one attached hydrogen (secondary N) is 1. The molecule has 0 radical (unpaired) electrons. The Labute approximate surface area is 147 Å².